The lowest BCUT2D eigenvalue weighted by Crippen LogP contribution is -2.35. The minimum absolute atomic E-state index is 0.360. The second kappa shape index (κ2) is 5.50. The van der Waals surface area contributed by atoms with E-state index in [-0.39, 0.29) is 5.97 Å². The lowest BCUT2D eigenvalue weighted by Gasteiger charge is -2.11. The molecule has 0 aliphatic heterocycles. The van der Waals surface area contributed by atoms with Crippen molar-refractivity contribution in [2.24, 2.45) is 5.73 Å². The summed E-state index contributed by atoms with van der Waals surface area (Å²) < 4.78 is 6.79. The van der Waals surface area contributed by atoms with Crippen molar-refractivity contribution < 1.29 is 9.53 Å². The Bertz CT molecular complexity index is 322. The van der Waals surface area contributed by atoms with Crippen LogP contribution < -0.4 is 5.73 Å². The van der Waals surface area contributed by atoms with E-state index in [1.807, 2.05) is 11.5 Å². The third kappa shape index (κ3) is 3.06. The first kappa shape index (κ1) is 11.7. The summed E-state index contributed by atoms with van der Waals surface area (Å²) in [4.78, 5) is 15.3. The molecule has 0 radical (unpaired) electrons. The van der Waals surface area contributed by atoms with Crippen LogP contribution in [0.2, 0.25) is 0 Å². The van der Waals surface area contributed by atoms with Gasteiger partial charge < -0.3 is 15.0 Å². The first-order chi connectivity index (χ1) is 7.19. The van der Waals surface area contributed by atoms with Crippen molar-refractivity contribution in [2.75, 3.05) is 6.61 Å². The van der Waals surface area contributed by atoms with Gasteiger partial charge in [0.15, 0.2) is 0 Å². The summed E-state index contributed by atoms with van der Waals surface area (Å²) >= 11 is 0. The van der Waals surface area contributed by atoms with Gasteiger partial charge in [0.05, 0.1) is 12.9 Å². The molecule has 0 bridgehead atoms. The molecule has 0 aromatic carbocycles. The zero-order valence-electron chi connectivity index (χ0n) is 9.14. The van der Waals surface area contributed by atoms with Crippen molar-refractivity contribution in [3.8, 4) is 0 Å². The van der Waals surface area contributed by atoms with Gasteiger partial charge in [-0.1, -0.05) is 0 Å². The number of hydrogen-bond acceptors (Lipinski definition) is 4. The monoisotopic (exact) mass is 211 g/mol. The van der Waals surface area contributed by atoms with Gasteiger partial charge in [0.1, 0.15) is 6.04 Å². The topological polar surface area (TPSA) is 70.1 Å². The quantitative estimate of drug-likeness (QED) is 0.713. The number of carbonyl (C=O) groups is 1. The summed E-state index contributed by atoms with van der Waals surface area (Å²) in [6.07, 6.45) is 3.92. The maximum atomic E-state index is 11.3. The molecule has 1 aromatic rings. The fourth-order valence-corrected chi connectivity index (χ4v) is 1.36. The Hall–Kier alpha value is -1.36. The first-order valence-corrected chi connectivity index (χ1v) is 5.10. The summed E-state index contributed by atoms with van der Waals surface area (Å²) in [5, 5.41) is 0. The maximum absolute atomic E-state index is 11.3. The summed E-state index contributed by atoms with van der Waals surface area (Å²) in [6, 6.07) is -0.605. The molecule has 15 heavy (non-hydrogen) atoms. The number of aromatic nitrogens is 2. The third-order valence-electron chi connectivity index (χ3n) is 2.16. The van der Waals surface area contributed by atoms with E-state index in [2.05, 4.69) is 4.98 Å². The van der Waals surface area contributed by atoms with Crippen LogP contribution in [0.15, 0.2) is 12.5 Å². The minimum Gasteiger partial charge on any atom is -0.465 e. The number of hydrogen-bond donors (Lipinski definition) is 1. The average molecular weight is 211 g/mol. The number of nitrogens with two attached hydrogens (primary N) is 1. The molecule has 1 rings (SSSR count). The molecule has 0 saturated carbocycles. The fraction of sp³-hybridized carbons (Fsp3) is 0.600. The van der Waals surface area contributed by atoms with Crippen LogP contribution in [0.5, 0.6) is 0 Å². The third-order valence-corrected chi connectivity index (χ3v) is 2.16. The van der Waals surface area contributed by atoms with E-state index in [4.69, 9.17) is 10.5 Å². The standard InChI is InChI=1S/C10H17N3O2/c1-3-13-7-12-6-8(13)5-9(11)10(14)15-4-2/h6-7,9H,3-5,11H2,1-2H3. The summed E-state index contributed by atoms with van der Waals surface area (Å²) in [5.41, 5.74) is 6.66. The number of ether oxygens (including phenoxy) is 1. The molecule has 1 unspecified atom stereocenters. The van der Waals surface area contributed by atoms with E-state index in [9.17, 15) is 4.79 Å². The van der Waals surface area contributed by atoms with Gasteiger partial charge in [-0.3, -0.25) is 4.79 Å². The highest BCUT2D eigenvalue weighted by atomic mass is 16.5. The van der Waals surface area contributed by atoms with Gasteiger partial charge in [-0.15, -0.1) is 0 Å². The number of imidazole rings is 1. The number of rotatable bonds is 5. The van der Waals surface area contributed by atoms with E-state index in [0.29, 0.717) is 13.0 Å². The molecule has 2 N–H and O–H groups in total. The zero-order valence-corrected chi connectivity index (χ0v) is 9.14. The Morgan fingerprint density at radius 3 is 3.00 bits per heavy atom. The molecule has 1 atom stereocenters. The van der Waals surface area contributed by atoms with Crippen LogP contribution in [-0.2, 0) is 22.5 Å². The van der Waals surface area contributed by atoms with Crippen molar-refractivity contribution in [1.82, 2.24) is 9.55 Å². The van der Waals surface area contributed by atoms with Crippen molar-refractivity contribution >= 4 is 5.97 Å². The summed E-state index contributed by atoms with van der Waals surface area (Å²) in [7, 11) is 0. The number of esters is 1. The van der Waals surface area contributed by atoms with Crippen LogP contribution in [0.3, 0.4) is 0 Å². The summed E-state index contributed by atoms with van der Waals surface area (Å²) in [5.74, 6) is -0.360. The van der Waals surface area contributed by atoms with Gasteiger partial charge in [-0.2, -0.15) is 0 Å². The van der Waals surface area contributed by atoms with Crippen LogP contribution in [-0.4, -0.2) is 28.2 Å². The molecule has 0 amide bonds. The molecule has 0 saturated heterocycles. The van der Waals surface area contributed by atoms with Crippen LogP contribution >= 0.6 is 0 Å². The molecule has 5 heteroatoms. The van der Waals surface area contributed by atoms with Gasteiger partial charge in [-0.05, 0) is 13.8 Å². The molecule has 1 heterocycles. The van der Waals surface area contributed by atoms with Gasteiger partial charge in [0, 0.05) is 24.9 Å². The molecule has 84 valence electrons. The molecular weight excluding hydrogens is 194 g/mol. The predicted octanol–water partition coefficient (Wildman–Crippen LogP) is 0.336. The Balaban J connectivity index is 2.57. The Labute approximate surface area is 89.2 Å². The van der Waals surface area contributed by atoms with E-state index in [1.165, 1.54) is 0 Å². The van der Waals surface area contributed by atoms with Gasteiger partial charge in [0.25, 0.3) is 0 Å². The average Bonchev–Trinajstić information content (AvgIpc) is 2.65. The van der Waals surface area contributed by atoms with Crippen LogP contribution in [0, 0.1) is 0 Å². The van der Waals surface area contributed by atoms with E-state index < -0.39 is 6.04 Å². The van der Waals surface area contributed by atoms with Crippen molar-refractivity contribution in [2.45, 2.75) is 32.9 Å². The highest BCUT2D eigenvalue weighted by Crippen LogP contribution is 2.03. The molecule has 0 fully saturated rings. The minimum atomic E-state index is -0.605. The van der Waals surface area contributed by atoms with Crippen LogP contribution in [0.25, 0.3) is 0 Å². The Morgan fingerprint density at radius 1 is 1.67 bits per heavy atom. The Kier molecular flexibility index (Phi) is 4.30. The van der Waals surface area contributed by atoms with Crippen LogP contribution in [0.4, 0.5) is 0 Å². The first-order valence-electron chi connectivity index (χ1n) is 5.10. The fourth-order valence-electron chi connectivity index (χ4n) is 1.36. The second-order valence-corrected chi connectivity index (χ2v) is 3.23. The number of nitrogens with zero attached hydrogens (tertiary/aromatic N) is 2. The molecule has 0 aliphatic carbocycles. The van der Waals surface area contributed by atoms with E-state index >= 15 is 0 Å². The lowest BCUT2D eigenvalue weighted by molar-refractivity contribution is -0.144. The van der Waals surface area contributed by atoms with E-state index in [1.54, 1.807) is 19.4 Å². The molecular formula is C10H17N3O2. The van der Waals surface area contributed by atoms with Crippen molar-refractivity contribution in [1.29, 1.82) is 0 Å². The maximum Gasteiger partial charge on any atom is 0.323 e. The second-order valence-electron chi connectivity index (χ2n) is 3.23. The predicted molar refractivity (Wildman–Crippen MR) is 56.2 cm³/mol. The Morgan fingerprint density at radius 2 is 2.40 bits per heavy atom. The molecule has 5 nitrogen and oxygen atoms in total. The van der Waals surface area contributed by atoms with Crippen molar-refractivity contribution in [3.63, 3.8) is 0 Å². The number of aryl methyl sites for hydroxylation is 1. The van der Waals surface area contributed by atoms with Crippen LogP contribution in [0.1, 0.15) is 19.5 Å². The lowest BCUT2D eigenvalue weighted by atomic mass is 10.2. The van der Waals surface area contributed by atoms with Gasteiger partial charge in [-0.25, -0.2) is 4.98 Å². The molecule has 0 aliphatic rings. The highest BCUT2D eigenvalue weighted by Gasteiger charge is 2.16. The zero-order chi connectivity index (χ0) is 11.3. The SMILES string of the molecule is CCOC(=O)C(N)Cc1cncn1CC. The number of carbonyl (C=O) groups excluding carboxylic acids is 1. The summed E-state index contributed by atoms with van der Waals surface area (Å²) in [6.45, 7) is 4.96. The normalized spacial score (nSPS) is 12.5. The van der Waals surface area contributed by atoms with Crippen molar-refractivity contribution in [3.05, 3.63) is 18.2 Å². The molecule has 1 aromatic heterocycles. The largest absolute Gasteiger partial charge is 0.465 e. The van der Waals surface area contributed by atoms with Gasteiger partial charge in [0.2, 0.25) is 0 Å². The smallest absolute Gasteiger partial charge is 0.323 e. The highest BCUT2D eigenvalue weighted by molar-refractivity contribution is 5.75. The van der Waals surface area contributed by atoms with E-state index in [0.717, 1.165) is 12.2 Å². The van der Waals surface area contributed by atoms with Gasteiger partial charge >= 0.3 is 5.97 Å². The molecule has 0 spiro atoms.